The lowest BCUT2D eigenvalue weighted by molar-refractivity contribution is 0.0493. The van der Waals surface area contributed by atoms with Crippen LogP contribution < -0.4 is 16.0 Å². The lowest BCUT2D eigenvalue weighted by atomic mass is 10.1. The van der Waals surface area contributed by atoms with Gasteiger partial charge in [0.15, 0.2) is 5.96 Å². The van der Waals surface area contributed by atoms with Crippen LogP contribution in [0.4, 0.5) is 4.79 Å². The maximum Gasteiger partial charge on any atom is 0.407 e. The number of halogens is 1. The second-order valence-corrected chi connectivity index (χ2v) is 6.27. The molecule has 7 heteroatoms. The molecule has 0 aliphatic rings. The second-order valence-electron chi connectivity index (χ2n) is 6.27. The number of terminal acetylenes is 1. The Balaban J connectivity index is 0. The van der Waals surface area contributed by atoms with Crippen LogP contribution in [0.1, 0.15) is 41.5 Å². The smallest absolute Gasteiger partial charge is 0.407 e. The maximum absolute atomic E-state index is 11.9. The number of carbonyl (C=O) groups excluding carboxylic acids is 1. The average Bonchev–Trinajstić information content (AvgIpc) is 2.37. The van der Waals surface area contributed by atoms with Crippen LogP contribution in [0.25, 0.3) is 0 Å². The van der Waals surface area contributed by atoms with Gasteiger partial charge in [-0.1, -0.05) is 19.8 Å². The minimum Gasteiger partial charge on any atom is -0.444 e. The summed E-state index contributed by atoms with van der Waals surface area (Å²) in [4.78, 5) is 16.3. The third kappa shape index (κ3) is 13.0. The fourth-order valence-electron chi connectivity index (χ4n) is 1.55. The normalized spacial score (nSPS) is 12.7. The molecule has 0 rings (SSSR count). The van der Waals surface area contributed by atoms with Crippen molar-refractivity contribution in [2.75, 3.05) is 19.6 Å². The highest BCUT2D eigenvalue weighted by Crippen LogP contribution is 2.08. The third-order valence-electron chi connectivity index (χ3n) is 2.66. The Morgan fingerprint density at radius 3 is 2.35 bits per heavy atom. The minimum absolute atomic E-state index is 0. The average molecular weight is 438 g/mol. The molecular weight excluding hydrogens is 407 g/mol. The zero-order valence-corrected chi connectivity index (χ0v) is 17.4. The quantitative estimate of drug-likeness (QED) is 0.258. The third-order valence-corrected chi connectivity index (χ3v) is 2.66. The van der Waals surface area contributed by atoms with Gasteiger partial charge in [-0.3, -0.25) is 4.99 Å². The Bertz CT molecular complexity index is 411. The van der Waals surface area contributed by atoms with Crippen molar-refractivity contribution in [1.82, 2.24) is 16.0 Å². The van der Waals surface area contributed by atoms with E-state index in [2.05, 4.69) is 26.9 Å². The van der Waals surface area contributed by atoms with Crippen LogP contribution in [0.15, 0.2) is 4.99 Å². The highest BCUT2D eigenvalue weighted by atomic mass is 127. The summed E-state index contributed by atoms with van der Waals surface area (Å²) < 4.78 is 5.28. The summed E-state index contributed by atoms with van der Waals surface area (Å²) in [5, 5.41) is 8.98. The van der Waals surface area contributed by atoms with Crippen LogP contribution in [-0.2, 0) is 4.74 Å². The highest BCUT2D eigenvalue weighted by molar-refractivity contribution is 14.0. The van der Waals surface area contributed by atoms with E-state index < -0.39 is 11.7 Å². The maximum atomic E-state index is 11.9. The zero-order valence-electron chi connectivity index (χ0n) is 15.0. The Morgan fingerprint density at radius 2 is 1.91 bits per heavy atom. The molecule has 0 aromatic carbocycles. The molecule has 0 radical (unpaired) electrons. The molecule has 0 heterocycles. The van der Waals surface area contributed by atoms with E-state index in [0.717, 1.165) is 6.54 Å². The van der Waals surface area contributed by atoms with Gasteiger partial charge in [-0.25, -0.2) is 4.79 Å². The second kappa shape index (κ2) is 12.3. The molecule has 0 aliphatic heterocycles. The molecule has 1 unspecified atom stereocenters. The van der Waals surface area contributed by atoms with Crippen molar-refractivity contribution >= 4 is 36.0 Å². The van der Waals surface area contributed by atoms with Crippen LogP contribution in [0.3, 0.4) is 0 Å². The van der Waals surface area contributed by atoms with Crippen molar-refractivity contribution in [2.45, 2.75) is 53.2 Å². The number of aliphatic imine (C=N–C) groups is 1. The lowest BCUT2D eigenvalue weighted by Gasteiger charge is -2.25. The van der Waals surface area contributed by atoms with E-state index in [1.165, 1.54) is 0 Å². The van der Waals surface area contributed by atoms with Gasteiger partial charge in [0.05, 0.1) is 19.1 Å². The zero-order chi connectivity index (χ0) is 17.2. The Morgan fingerprint density at radius 1 is 1.30 bits per heavy atom. The van der Waals surface area contributed by atoms with Crippen molar-refractivity contribution < 1.29 is 9.53 Å². The van der Waals surface area contributed by atoms with E-state index in [4.69, 9.17) is 11.2 Å². The van der Waals surface area contributed by atoms with Crippen LogP contribution in [0.5, 0.6) is 0 Å². The molecule has 0 saturated carbocycles. The molecule has 6 nitrogen and oxygen atoms in total. The number of rotatable bonds is 6. The summed E-state index contributed by atoms with van der Waals surface area (Å²) in [6.07, 6.45) is 4.81. The van der Waals surface area contributed by atoms with Gasteiger partial charge >= 0.3 is 6.09 Å². The fourth-order valence-corrected chi connectivity index (χ4v) is 1.55. The number of alkyl carbamates (subject to hydrolysis) is 1. The number of amides is 1. The summed E-state index contributed by atoms with van der Waals surface area (Å²) in [6, 6.07) is -0.115. The van der Waals surface area contributed by atoms with E-state index in [0.29, 0.717) is 19.0 Å². The number of nitrogens with one attached hydrogen (secondary N) is 3. The van der Waals surface area contributed by atoms with Crippen molar-refractivity contribution in [3.8, 4) is 12.3 Å². The first kappa shape index (κ1) is 24.1. The largest absolute Gasteiger partial charge is 0.444 e. The molecule has 0 fully saturated rings. The van der Waals surface area contributed by atoms with E-state index in [9.17, 15) is 4.79 Å². The number of hydrogen-bond donors (Lipinski definition) is 3. The predicted molar refractivity (Wildman–Crippen MR) is 106 cm³/mol. The summed E-state index contributed by atoms with van der Waals surface area (Å²) >= 11 is 0. The Hall–Kier alpha value is -1.17. The Labute approximate surface area is 157 Å². The van der Waals surface area contributed by atoms with Crippen molar-refractivity contribution in [3.05, 3.63) is 0 Å². The molecular formula is C16H31IN4O2. The molecule has 23 heavy (non-hydrogen) atoms. The van der Waals surface area contributed by atoms with Crippen LogP contribution in [-0.4, -0.2) is 43.3 Å². The molecule has 1 amide bonds. The Kier molecular flexibility index (Phi) is 12.9. The lowest BCUT2D eigenvalue weighted by Crippen LogP contribution is -2.45. The van der Waals surface area contributed by atoms with Gasteiger partial charge in [0, 0.05) is 6.54 Å². The number of hydrogen-bond acceptors (Lipinski definition) is 3. The van der Waals surface area contributed by atoms with Gasteiger partial charge in [0.2, 0.25) is 0 Å². The summed E-state index contributed by atoms with van der Waals surface area (Å²) in [5.41, 5.74) is -0.516. The highest BCUT2D eigenvalue weighted by Gasteiger charge is 2.21. The summed E-state index contributed by atoms with van der Waals surface area (Å²) in [7, 11) is 0. The van der Waals surface area contributed by atoms with Crippen molar-refractivity contribution in [3.63, 3.8) is 0 Å². The molecule has 0 aromatic rings. The number of carbonyl (C=O) groups is 1. The molecule has 0 aliphatic carbocycles. The van der Waals surface area contributed by atoms with E-state index >= 15 is 0 Å². The number of nitrogens with zero attached hydrogens (tertiary/aromatic N) is 1. The van der Waals surface area contributed by atoms with E-state index in [1.807, 2.05) is 41.5 Å². The van der Waals surface area contributed by atoms with Crippen LogP contribution in [0.2, 0.25) is 0 Å². The van der Waals surface area contributed by atoms with Gasteiger partial charge in [-0.2, -0.15) is 0 Å². The standard InChI is InChI=1S/C16H30N4O2.HI/c1-8-10-18-14(17-9-2)19-11-13(12(3)4)20-15(21)22-16(5,6)7;/h1,12-13H,9-11H2,2-7H3,(H,20,21)(H2,17,18,19);1H. The minimum atomic E-state index is -0.516. The fraction of sp³-hybridized carbons (Fsp3) is 0.750. The first-order valence-electron chi connectivity index (χ1n) is 7.64. The van der Waals surface area contributed by atoms with Crippen molar-refractivity contribution in [1.29, 1.82) is 0 Å². The molecule has 1 atom stereocenters. The molecule has 3 N–H and O–H groups in total. The summed E-state index contributed by atoms with van der Waals surface area (Å²) in [5.74, 6) is 3.37. The van der Waals surface area contributed by atoms with Crippen molar-refractivity contribution in [2.24, 2.45) is 10.9 Å². The SMILES string of the molecule is C#CCNC(=NCC(NC(=O)OC(C)(C)C)C(C)C)NCC.I. The molecule has 134 valence electrons. The first-order valence-corrected chi connectivity index (χ1v) is 7.64. The van der Waals surface area contributed by atoms with Gasteiger partial charge in [0.25, 0.3) is 0 Å². The van der Waals surface area contributed by atoms with Gasteiger partial charge < -0.3 is 20.7 Å². The number of guanidine groups is 1. The monoisotopic (exact) mass is 438 g/mol. The molecule has 0 bridgehead atoms. The predicted octanol–water partition coefficient (Wildman–Crippen LogP) is 2.34. The van der Waals surface area contributed by atoms with Gasteiger partial charge in [-0.05, 0) is 33.6 Å². The molecule has 0 aromatic heterocycles. The number of ether oxygens (including phenoxy) is 1. The van der Waals surface area contributed by atoms with E-state index in [1.54, 1.807) is 0 Å². The summed E-state index contributed by atoms with van der Waals surface area (Å²) in [6.45, 7) is 13.1. The van der Waals surface area contributed by atoms with Gasteiger partial charge in [0.1, 0.15) is 5.60 Å². The van der Waals surface area contributed by atoms with Crippen LogP contribution >= 0.6 is 24.0 Å². The molecule has 0 spiro atoms. The van der Waals surface area contributed by atoms with E-state index in [-0.39, 0.29) is 35.9 Å². The molecule has 0 saturated heterocycles. The topological polar surface area (TPSA) is 74.8 Å². The van der Waals surface area contributed by atoms with Crippen LogP contribution in [0, 0.1) is 18.3 Å². The van der Waals surface area contributed by atoms with Gasteiger partial charge in [-0.15, -0.1) is 30.4 Å². The first-order chi connectivity index (χ1) is 10.2.